The largest absolute Gasteiger partial charge is 0.478 e. The quantitative estimate of drug-likeness (QED) is 0.865. The number of amides is 1. The van der Waals surface area contributed by atoms with E-state index in [1.807, 2.05) is 0 Å². The second kappa shape index (κ2) is 5.61. The van der Waals surface area contributed by atoms with Gasteiger partial charge in [0.2, 0.25) is 0 Å². The summed E-state index contributed by atoms with van der Waals surface area (Å²) in [5.41, 5.74) is 0.328. The molecule has 0 saturated carbocycles. The summed E-state index contributed by atoms with van der Waals surface area (Å²) in [6, 6.07) is 3.21. The zero-order valence-electron chi connectivity index (χ0n) is 11.2. The number of aromatic carboxylic acids is 1. The van der Waals surface area contributed by atoms with Gasteiger partial charge in [-0.2, -0.15) is 0 Å². The molecule has 0 aromatic heterocycles. The molecule has 2 N–H and O–H groups in total. The second-order valence-corrected chi connectivity index (χ2v) is 5.96. The molecule has 0 fully saturated rings. The van der Waals surface area contributed by atoms with Gasteiger partial charge in [0.1, 0.15) is 5.60 Å². The van der Waals surface area contributed by atoms with Crippen molar-refractivity contribution < 1.29 is 19.4 Å². The van der Waals surface area contributed by atoms with Crippen LogP contribution in [-0.4, -0.2) is 22.8 Å². The van der Waals surface area contributed by atoms with E-state index >= 15 is 0 Å². The van der Waals surface area contributed by atoms with Crippen molar-refractivity contribution >= 4 is 33.7 Å². The van der Waals surface area contributed by atoms with Gasteiger partial charge in [-0.05, 0) is 61.3 Å². The average molecular weight is 330 g/mol. The lowest BCUT2D eigenvalue weighted by atomic mass is 10.1. The molecule has 0 atom stereocenters. The number of ether oxygens (including phenoxy) is 1. The van der Waals surface area contributed by atoms with Crippen molar-refractivity contribution in [2.75, 3.05) is 5.32 Å². The van der Waals surface area contributed by atoms with E-state index in [1.165, 1.54) is 6.07 Å². The number of nitrogens with one attached hydrogen (secondary N) is 1. The van der Waals surface area contributed by atoms with E-state index in [0.717, 1.165) is 5.56 Å². The van der Waals surface area contributed by atoms with E-state index in [1.54, 1.807) is 33.8 Å². The zero-order chi connectivity index (χ0) is 14.8. The second-order valence-electron chi connectivity index (χ2n) is 5.10. The summed E-state index contributed by atoms with van der Waals surface area (Å²) >= 11 is 3.24. The molecular formula is C13H16BrNO4. The van der Waals surface area contributed by atoms with Crippen LogP contribution >= 0.6 is 15.9 Å². The Hall–Kier alpha value is -1.56. The minimum absolute atomic E-state index is 0.0118. The summed E-state index contributed by atoms with van der Waals surface area (Å²) in [5, 5.41) is 11.6. The molecule has 0 bridgehead atoms. The molecule has 6 heteroatoms. The molecule has 0 aliphatic carbocycles. The molecule has 0 saturated heterocycles. The molecule has 1 amide bonds. The first-order valence-corrected chi connectivity index (χ1v) is 6.43. The molecule has 0 spiro atoms. The predicted molar refractivity (Wildman–Crippen MR) is 75.7 cm³/mol. The molecule has 0 aliphatic rings. The van der Waals surface area contributed by atoms with Crippen LogP contribution in [0.2, 0.25) is 0 Å². The van der Waals surface area contributed by atoms with Crippen LogP contribution in [0, 0.1) is 6.92 Å². The highest BCUT2D eigenvalue weighted by Crippen LogP contribution is 2.29. The molecule has 104 valence electrons. The minimum Gasteiger partial charge on any atom is -0.478 e. The predicted octanol–water partition coefficient (Wildman–Crippen LogP) is 3.80. The summed E-state index contributed by atoms with van der Waals surface area (Å²) in [4.78, 5) is 22.9. The molecule has 1 aromatic carbocycles. The van der Waals surface area contributed by atoms with Crippen LogP contribution in [0.3, 0.4) is 0 Å². The smallest absolute Gasteiger partial charge is 0.412 e. The molecular weight excluding hydrogens is 314 g/mol. The number of carboxylic acid groups (broad SMARTS) is 1. The highest BCUT2D eigenvalue weighted by atomic mass is 79.9. The van der Waals surface area contributed by atoms with Crippen LogP contribution in [0.4, 0.5) is 10.5 Å². The van der Waals surface area contributed by atoms with E-state index in [2.05, 4.69) is 21.2 Å². The van der Waals surface area contributed by atoms with E-state index in [0.29, 0.717) is 4.47 Å². The van der Waals surface area contributed by atoms with Gasteiger partial charge in [0, 0.05) is 4.47 Å². The Balaban J connectivity index is 3.07. The molecule has 1 aromatic rings. The van der Waals surface area contributed by atoms with Crippen molar-refractivity contribution in [1.29, 1.82) is 0 Å². The summed E-state index contributed by atoms with van der Waals surface area (Å²) in [5.74, 6) is -1.12. The third-order valence-corrected chi connectivity index (χ3v) is 2.72. The standard InChI is InChI=1S/C13H16BrNO4/c1-7-5-8(11(16)17)10(9(14)6-7)15-12(18)19-13(2,3)4/h5-6H,1-4H3,(H,15,18)(H,16,17). The first-order chi connectivity index (χ1) is 8.60. The van der Waals surface area contributed by atoms with Crippen molar-refractivity contribution in [2.45, 2.75) is 33.3 Å². The van der Waals surface area contributed by atoms with Gasteiger partial charge in [-0.3, -0.25) is 5.32 Å². The Bertz CT molecular complexity index is 520. The third-order valence-electron chi connectivity index (χ3n) is 2.09. The summed E-state index contributed by atoms with van der Waals surface area (Å²) in [6.45, 7) is 6.97. The molecule has 1 rings (SSSR count). The Morgan fingerprint density at radius 3 is 2.37 bits per heavy atom. The van der Waals surface area contributed by atoms with Gasteiger partial charge >= 0.3 is 12.1 Å². The van der Waals surface area contributed by atoms with Gasteiger partial charge in [-0.1, -0.05) is 0 Å². The summed E-state index contributed by atoms with van der Waals surface area (Å²) in [7, 11) is 0. The minimum atomic E-state index is -1.12. The number of benzene rings is 1. The fourth-order valence-corrected chi connectivity index (χ4v) is 2.12. The zero-order valence-corrected chi connectivity index (χ0v) is 12.8. The summed E-state index contributed by atoms with van der Waals surface area (Å²) < 4.78 is 5.59. The van der Waals surface area contributed by atoms with Crippen molar-refractivity contribution in [3.05, 3.63) is 27.7 Å². The SMILES string of the molecule is Cc1cc(Br)c(NC(=O)OC(C)(C)C)c(C(=O)O)c1. The van der Waals surface area contributed by atoms with Crippen LogP contribution in [0.25, 0.3) is 0 Å². The normalized spacial score (nSPS) is 11.0. The molecule has 0 heterocycles. The Kier molecular flexibility index (Phi) is 4.57. The number of carboxylic acids is 1. The first-order valence-electron chi connectivity index (χ1n) is 5.63. The maximum Gasteiger partial charge on any atom is 0.412 e. The van der Waals surface area contributed by atoms with Crippen LogP contribution < -0.4 is 5.32 Å². The van der Waals surface area contributed by atoms with Gasteiger partial charge in [0.15, 0.2) is 0 Å². The van der Waals surface area contributed by atoms with Gasteiger partial charge < -0.3 is 9.84 Å². The van der Waals surface area contributed by atoms with Crippen molar-refractivity contribution in [1.82, 2.24) is 0 Å². The van der Waals surface area contributed by atoms with E-state index in [9.17, 15) is 9.59 Å². The molecule has 0 unspecified atom stereocenters. The Morgan fingerprint density at radius 1 is 1.32 bits per heavy atom. The van der Waals surface area contributed by atoms with Crippen LogP contribution in [0.5, 0.6) is 0 Å². The number of anilines is 1. The number of carbonyl (C=O) groups excluding carboxylic acids is 1. The van der Waals surface area contributed by atoms with Crippen LogP contribution in [0.15, 0.2) is 16.6 Å². The summed E-state index contributed by atoms with van der Waals surface area (Å²) in [6.07, 6.45) is -0.695. The maximum atomic E-state index is 11.7. The van der Waals surface area contributed by atoms with Crippen molar-refractivity contribution in [3.63, 3.8) is 0 Å². The fraction of sp³-hybridized carbons (Fsp3) is 0.385. The molecule has 5 nitrogen and oxygen atoms in total. The van der Waals surface area contributed by atoms with Gasteiger partial charge in [-0.25, -0.2) is 9.59 Å². The van der Waals surface area contributed by atoms with Gasteiger partial charge in [0.25, 0.3) is 0 Å². The molecule has 0 radical (unpaired) electrons. The van der Waals surface area contributed by atoms with E-state index in [-0.39, 0.29) is 11.3 Å². The lowest BCUT2D eigenvalue weighted by Crippen LogP contribution is -2.28. The fourth-order valence-electron chi connectivity index (χ4n) is 1.44. The van der Waals surface area contributed by atoms with Crippen molar-refractivity contribution in [3.8, 4) is 0 Å². The number of rotatable bonds is 2. The Labute approximate surface area is 120 Å². The van der Waals surface area contributed by atoms with Crippen LogP contribution in [-0.2, 0) is 4.74 Å². The monoisotopic (exact) mass is 329 g/mol. The third kappa shape index (κ3) is 4.55. The maximum absolute atomic E-state index is 11.7. The number of carbonyl (C=O) groups is 2. The number of hydrogen-bond acceptors (Lipinski definition) is 3. The molecule has 19 heavy (non-hydrogen) atoms. The topological polar surface area (TPSA) is 75.6 Å². The molecule has 0 aliphatic heterocycles. The first kappa shape index (κ1) is 15.5. The highest BCUT2D eigenvalue weighted by molar-refractivity contribution is 9.10. The lowest BCUT2D eigenvalue weighted by molar-refractivity contribution is 0.0636. The lowest BCUT2D eigenvalue weighted by Gasteiger charge is -2.20. The van der Waals surface area contributed by atoms with Gasteiger partial charge in [0.05, 0.1) is 11.3 Å². The number of hydrogen-bond donors (Lipinski definition) is 2. The Morgan fingerprint density at radius 2 is 1.89 bits per heavy atom. The number of halogens is 1. The van der Waals surface area contributed by atoms with Crippen molar-refractivity contribution in [2.24, 2.45) is 0 Å². The van der Waals surface area contributed by atoms with E-state index < -0.39 is 17.7 Å². The van der Waals surface area contributed by atoms with Gasteiger partial charge in [-0.15, -0.1) is 0 Å². The highest BCUT2D eigenvalue weighted by Gasteiger charge is 2.20. The van der Waals surface area contributed by atoms with Crippen LogP contribution in [0.1, 0.15) is 36.7 Å². The van der Waals surface area contributed by atoms with E-state index in [4.69, 9.17) is 9.84 Å². The number of aryl methyl sites for hydroxylation is 1. The average Bonchev–Trinajstić information content (AvgIpc) is 2.18.